The number of benzene rings is 1. The number of anilines is 1. The van der Waals surface area contributed by atoms with Crippen LogP contribution in [-0.4, -0.2) is 18.6 Å². The van der Waals surface area contributed by atoms with Gasteiger partial charge in [0.1, 0.15) is 0 Å². The van der Waals surface area contributed by atoms with Gasteiger partial charge < -0.3 is 0 Å². The van der Waals surface area contributed by atoms with Gasteiger partial charge in [-0.2, -0.15) is 0 Å². The third-order valence-corrected chi connectivity index (χ3v) is 11.2. The molecule has 101 valence electrons. The molecule has 0 spiro atoms. The molecule has 0 fully saturated rings. The van der Waals surface area contributed by atoms with E-state index in [1.54, 1.807) is 6.07 Å². The summed E-state index contributed by atoms with van der Waals surface area (Å²) in [5.74, 6) is 0. The molecule has 0 bridgehead atoms. The molecule has 0 radical (unpaired) electrons. The second-order valence-corrected chi connectivity index (χ2v) is 14.1. The molecule has 2 aliphatic rings. The summed E-state index contributed by atoms with van der Waals surface area (Å²) in [6, 6.07) is 8.31. The van der Waals surface area contributed by atoms with Gasteiger partial charge in [-0.15, -0.1) is 0 Å². The summed E-state index contributed by atoms with van der Waals surface area (Å²) < 4.78 is -1.86. The number of nitrogens with zero attached hydrogens (tertiary/aromatic N) is 2. The van der Waals surface area contributed by atoms with Gasteiger partial charge in [0.25, 0.3) is 0 Å². The second kappa shape index (κ2) is 2.80. The van der Waals surface area contributed by atoms with Crippen LogP contribution in [0.25, 0.3) is 0 Å². The SMILES string of the molecule is CN1C=CN2c3ccc(CN)c[c]3[Lr]([CH3])([CH3])[CH]12. The van der Waals surface area contributed by atoms with E-state index in [2.05, 4.69) is 62.3 Å². The molecule has 0 aromatic heterocycles. The summed E-state index contributed by atoms with van der Waals surface area (Å²) in [4.78, 5) is 4.79. The summed E-state index contributed by atoms with van der Waals surface area (Å²) in [5, 5.41) is 0. The van der Waals surface area contributed by atoms with Gasteiger partial charge >= 0.3 is 98.6 Å². The van der Waals surface area contributed by atoms with E-state index in [0.29, 0.717) is 13.2 Å². The maximum atomic E-state index is 5.76. The standard InChI is InChI=1S/C11H13N3.2CH3.Lr/c1-13-6-7-14(9-13)11-4-2-10(8-12)3-5-11;;;/h2-4,6-7,9H,8,12H2,1H3;2*1H3;. The zero-order valence-corrected chi connectivity index (χ0v) is 12.6. The molecule has 0 saturated carbocycles. The predicted molar refractivity (Wildman–Crippen MR) is 68.9 cm³/mol. The number of hydrogen-bond donors (Lipinski definition) is 1. The molecule has 0 amide bonds. The number of nitrogens with two attached hydrogens (primary N) is 1. The van der Waals surface area contributed by atoms with Gasteiger partial charge in [-0.25, -0.2) is 0 Å². The molecule has 0 aliphatic carbocycles. The Labute approximate surface area is 99.2 Å². The first-order valence-corrected chi connectivity index (χ1v) is 11.9. The van der Waals surface area contributed by atoms with Crippen LogP contribution in [0.15, 0.2) is 30.6 Å². The molecule has 1 atom stereocenters. The maximum absolute atomic E-state index is 5.76. The van der Waals surface area contributed by atoms with Gasteiger partial charge in [0.15, 0.2) is 0 Å². The zero-order valence-electron chi connectivity index (χ0n) is 10.4. The molecular formula is C13H19LrN3. The summed E-state index contributed by atoms with van der Waals surface area (Å²) in [5.41, 5.74) is 8.41. The monoisotopic (exact) mass is 479 g/mol. The van der Waals surface area contributed by atoms with Crippen LogP contribution in [0.1, 0.15) is 5.56 Å². The molecule has 2 heterocycles. The van der Waals surface area contributed by atoms with Crippen molar-refractivity contribution >= 4 is 11.8 Å². The zero-order chi connectivity index (χ0) is 12.2. The summed E-state index contributed by atoms with van der Waals surface area (Å²) in [6.07, 6.45) is 4.40. The fourth-order valence-corrected chi connectivity index (χ4v) is 10.3. The fraction of sp³-hybridized carbons (Fsp3) is 0.385. The molecular weight excluding hydrogens is 460 g/mol. The Hall–Kier alpha value is -2.48. The van der Waals surface area contributed by atoms with Crippen LogP contribution in [0.2, 0.25) is 14.9 Å². The second-order valence-electron chi connectivity index (χ2n) is 4.43. The first-order valence-electron chi connectivity index (χ1n) is 5.33. The predicted octanol–water partition coefficient (Wildman–Crippen LogP) is 1.54. The minimum atomic E-state index is -1.86. The topological polar surface area (TPSA) is 32.5 Å². The van der Waals surface area contributed by atoms with Crippen LogP contribution >= 0.6 is 0 Å². The molecule has 2 N–H and O–H groups in total. The normalized spacial score (nSPS) is 24.1. The average Bonchev–Trinajstić information content (AvgIpc) is 2.79. The molecule has 17 heavy (non-hydrogen) atoms. The van der Waals surface area contributed by atoms with Crippen LogP contribution in [0, 0.1) is 0 Å². The Bertz CT molecular complexity index is 495. The first kappa shape index (κ1) is 9.73. The third kappa shape index (κ3) is 1.04. The Kier molecular flexibility index (Phi) is 1.60. The van der Waals surface area contributed by atoms with Crippen molar-refractivity contribution in [2.45, 2.75) is 28.1 Å². The van der Waals surface area contributed by atoms with Crippen LogP contribution < -0.4 is 16.7 Å². The molecule has 4 heteroatoms. The molecule has 1 aromatic carbocycles. The molecule has 1 aromatic rings. The van der Waals surface area contributed by atoms with Gasteiger partial charge in [-0.1, -0.05) is 0 Å². The Morgan fingerprint density at radius 1 is 1.29 bits per heavy atom. The van der Waals surface area contributed by atoms with Crippen molar-refractivity contribution in [3.05, 3.63) is 36.2 Å². The molecule has 0 saturated heterocycles. The number of hydrogen-bond acceptors (Lipinski definition) is 3. The molecule has 1 unspecified atom stereocenters. The molecule has 3 nitrogen and oxygen atoms in total. The number of fused-ring (bicyclic) bond motifs is 3. The Balaban J connectivity index is 2.17. The van der Waals surface area contributed by atoms with E-state index >= 15 is 0 Å². The van der Waals surface area contributed by atoms with Crippen LogP contribution in [0.5, 0.6) is 0 Å². The molecule has 3 rings (SSSR count). The quantitative estimate of drug-likeness (QED) is 0.664. The Morgan fingerprint density at radius 3 is 2.76 bits per heavy atom. The van der Waals surface area contributed by atoms with E-state index in [-0.39, 0.29) is 0 Å². The average molecular weight is 479 g/mol. The van der Waals surface area contributed by atoms with Gasteiger partial charge in [0.05, 0.1) is 0 Å². The summed E-state index contributed by atoms with van der Waals surface area (Å²) in [7, 11) is 7.14. The van der Waals surface area contributed by atoms with Gasteiger partial charge in [0, 0.05) is 0 Å². The van der Waals surface area contributed by atoms with Crippen molar-refractivity contribution in [1.29, 1.82) is 0 Å². The van der Waals surface area contributed by atoms with Crippen molar-refractivity contribution in [2.24, 2.45) is 5.73 Å². The first-order chi connectivity index (χ1) is 8.05. The van der Waals surface area contributed by atoms with Gasteiger partial charge in [-0.3, -0.25) is 0 Å². The van der Waals surface area contributed by atoms with E-state index in [1.165, 1.54) is 11.3 Å². The van der Waals surface area contributed by atoms with Gasteiger partial charge in [0.2, 0.25) is 0 Å². The Morgan fingerprint density at radius 2 is 2.06 bits per heavy atom. The minimum absolute atomic E-state index is 0.567. The number of rotatable bonds is 1. The fourth-order valence-electron chi connectivity index (χ4n) is 2.29. The van der Waals surface area contributed by atoms with Crippen LogP contribution in [0.4, 0.5) is 5.69 Å². The van der Waals surface area contributed by atoms with E-state index in [0.717, 1.165) is 0 Å². The van der Waals surface area contributed by atoms with Crippen LogP contribution in [-0.2, 0) is 6.54 Å². The van der Waals surface area contributed by atoms with E-state index in [9.17, 15) is 0 Å². The van der Waals surface area contributed by atoms with Crippen molar-refractivity contribution in [3.63, 3.8) is 0 Å². The van der Waals surface area contributed by atoms with Crippen molar-refractivity contribution in [1.82, 2.24) is 4.90 Å². The van der Waals surface area contributed by atoms with Crippen molar-refractivity contribution in [3.8, 4) is 0 Å². The van der Waals surface area contributed by atoms with Gasteiger partial charge in [-0.05, 0) is 0 Å². The van der Waals surface area contributed by atoms with E-state index in [1.807, 2.05) is 0 Å². The van der Waals surface area contributed by atoms with Crippen LogP contribution in [0.3, 0.4) is 0 Å². The summed E-state index contributed by atoms with van der Waals surface area (Å²) >= 11 is 0. The summed E-state index contributed by atoms with van der Waals surface area (Å²) in [6.45, 7) is 1.21. The molecule has 2 aliphatic heterocycles. The third-order valence-electron chi connectivity index (χ3n) is 3.12. The van der Waals surface area contributed by atoms with E-state index < -0.39 is 0 Å². The van der Waals surface area contributed by atoms with Crippen molar-refractivity contribution in [2.75, 3.05) is 11.9 Å². The van der Waals surface area contributed by atoms with E-state index in [4.69, 9.17) is 5.73 Å². The van der Waals surface area contributed by atoms with Crippen molar-refractivity contribution < 1.29 is 0 Å².